The molecule has 2 aromatic rings. The Kier molecular flexibility index (Phi) is 10.9. The summed E-state index contributed by atoms with van der Waals surface area (Å²) in [6, 6.07) is 9.81. The quantitative estimate of drug-likeness (QED) is 0.230. The van der Waals surface area contributed by atoms with Gasteiger partial charge >= 0.3 is 0 Å². The molecule has 1 N–H and O–H groups in total. The van der Waals surface area contributed by atoms with E-state index in [-0.39, 0.29) is 4.90 Å². The summed E-state index contributed by atoms with van der Waals surface area (Å²) in [5.41, 5.74) is 2.08. The minimum absolute atomic E-state index is 0.0761. The highest BCUT2D eigenvalue weighted by Crippen LogP contribution is 2.29. The van der Waals surface area contributed by atoms with Gasteiger partial charge in [-0.05, 0) is 53.6 Å². The lowest BCUT2D eigenvalue weighted by Gasteiger charge is -2.13. The minimum atomic E-state index is -4.21. The number of hydrogen-bond donors (Lipinski definition) is 1. The van der Waals surface area contributed by atoms with E-state index in [2.05, 4.69) is 32.0 Å². The zero-order valence-electron chi connectivity index (χ0n) is 19.0. The molecule has 0 saturated heterocycles. The topological polar surface area (TPSA) is 54.4 Å². The van der Waals surface area contributed by atoms with Crippen LogP contribution in [0.25, 0.3) is 10.8 Å². The van der Waals surface area contributed by atoms with Gasteiger partial charge in [0.25, 0.3) is 10.1 Å². The Hall–Kier alpha value is -1.39. The highest BCUT2D eigenvalue weighted by atomic mass is 32.2. The Bertz CT molecular complexity index is 871. The van der Waals surface area contributed by atoms with E-state index in [1.807, 2.05) is 6.07 Å². The molecule has 4 heteroatoms. The van der Waals surface area contributed by atoms with E-state index in [0.717, 1.165) is 35.6 Å². The third kappa shape index (κ3) is 8.03. The van der Waals surface area contributed by atoms with Gasteiger partial charge in [-0.1, -0.05) is 102 Å². The Balaban J connectivity index is 2.10. The first kappa shape index (κ1) is 24.9. The molecule has 0 unspecified atom stereocenters. The van der Waals surface area contributed by atoms with Gasteiger partial charge in [0.05, 0.1) is 4.90 Å². The van der Waals surface area contributed by atoms with Crippen LogP contribution in [0, 0.1) is 0 Å². The van der Waals surface area contributed by atoms with E-state index < -0.39 is 10.1 Å². The van der Waals surface area contributed by atoms with Gasteiger partial charge in [0.1, 0.15) is 0 Å². The smallest absolute Gasteiger partial charge is 0.282 e. The molecule has 0 spiro atoms. The number of hydrogen-bond acceptors (Lipinski definition) is 2. The fourth-order valence-corrected chi connectivity index (χ4v) is 5.03. The van der Waals surface area contributed by atoms with Crippen LogP contribution >= 0.6 is 0 Å². The standard InChI is InChI=1S/C26H40O3S/c1-3-5-7-9-11-13-15-22-17-19-24-23(21-22)18-20-26(30(27,28)29)25(24)16-14-12-10-8-6-4-2/h17-21H,3-16H2,1-2H3,(H,27,28,29). The summed E-state index contributed by atoms with van der Waals surface area (Å²) in [7, 11) is -4.21. The van der Waals surface area contributed by atoms with Crippen LogP contribution in [0.4, 0.5) is 0 Å². The first-order chi connectivity index (χ1) is 14.5. The number of unbranched alkanes of at least 4 members (excludes halogenated alkanes) is 10. The van der Waals surface area contributed by atoms with E-state index in [1.54, 1.807) is 6.07 Å². The zero-order valence-corrected chi connectivity index (χ0v) is 19.8. The molecular weight excluding hydrogens is 392 g/mol. The van der Waals surface area contributed by atoms with Crippen LogP contribution in [-0.2, 0) is 23.0 Å². The molecule has 168 valence electrons. The van der Waals surface area contributed by atoms with Crippen molar-refractivity contribution in [3.63, 3.8) is 0 Å². The summed E-state index contributed by atoms with van der Waals surface area (Å²) >= 11 is 0. The van der Waals surface area contributed by atoms with Crippen LogP contribution in [-0.4, -0.2) is 13.0 Å². The molecule has 2 rings (SSSR count). The van der Waals surface area contributed by atoms with Crippen molar-refractivity contribution in [3.8, 4) is 0 Å². The van der Waals surface area contributed by atoms with Crippen molar-refractivity contribution >= 4 is 20.9 Å². The predicted octanol–water partition coefficient (Wildman–Crippen LogP) is 7.89. The maximum atomic E-state index is 11.9. The van der Waals surface area contributed by atoms with Crippen molar-refractivity contribution in [2.45, 2.75) is 109 Å². The summed E-state index contributed by atoms with van der Waals surface area (Å²) in [5.74, 6) is 0. The van der Waals surface area contributed by atoms with Crippen LogP contribution in [0.1, 0.15) is 102 Å². The van der Waals surface area contributed by atoms with Crippen molar-refractivity contribution in [1.82, 2.24) is 0 Å². The molecule has 0 aromatic heterocycles. The summed E-state index contributed by atoms with van der Waals surface area (Å²) < 4.78 is 33.6. The monoisotopic (exact) mass is 432 g/mol. The maximum absolute atomic E-state index is 11.9. The average molecular weight is 433 g/mol. The number of fused-ring (bicyclic) bond motifs is 1. The fourth-order valence-electron chi connectivity index (χ4n) is 4.27. The summed E-state index contributed by atoms with van der Waals surface area (Å²) in [6.45, 7) is 4.44. The van der Waals surface area contributed by atoms with E-state index in [9.17, 15) is 13.0 Å². The average Bonchev–Trinajstić information content (AvgIpc) is 2.72. The molecule has 0 aliphatic heterocycles. The van der Waals surface area contributed by atoms with Gasteiger partial charge in [-0.3, -0.25) is 4.55 Å². The highest BCUT2D eigenvalue weighted by molar-refractivity contribution is 7.85. The van der Waals surface area contributed by atoms with Crippen LogP contribution < -0.4 is 0 Å². The molecule has 0 radical (unpaired) electrons. The van der Waals surface area contributed by atoms with Gasteiger partial charge in [-0.2, -0.15) is 8.42 Å². The second-order valence-electron chi connectivity index (χ2n) is 8.61. The van der Waals surface area contributed by atoms with Crippen LogP contribution in [0.15, 0.2) is 35.2 Å². The third-order valence-corrected chi connectivity index (χ3v) is 6.97. The second kappa shape index (κ2) is 13.1. The normalized spacial score (nSPS) is 12.0. The molecule has 3 nitrogen and oxygen atoms in total. The lowest BCUT2D eigenvalue weighted by atomic mass is 9.96. The molecule has 0 atom stereocenters. The first-order valence-electron chi connectivity index (χ1n) is 12.0. The SMILES string of the molecule is CCCCCCCCc1ccc2c(CCCCCCCC)c(S(=O)(=O)O)ccc2c1. The Labute approximate surface area is 184 Å². The highest BCUT2D eigenvalue weighted by Gasteiger charge is 2.17. The van der Waals surface area contributed by atoms with Gasteiger partial charge in [0.15, 0.2) is 0 Å². The number of benzene rings is 2. The summed E-state index contributed by atoms with van der Waals surface area (Å²) in [5, 5.41) is 2.04. The maximum Gasteiger partial charge on any atom is 0.294 e. The molecule has 0 heterocycles. The third-order valence-electron chi connectivity index (χ3n) is 6.03. The Morgan fingerprint density at radius 1 is 0.700 bits per heavy atom. The van der Waals surface area contributed by atoms with Crippen molar-refractivity contribution in [3.05, 3.63) is 41.5 Å². The lowest BCUT2D eigenvalue weighted by molar-refractivity contribution is 0.482. The van der Waals surface area contributed by atoms with E-state index in [4.69, 9.17) is 0 Å². The number of rotatable bonds is 15. The van der Waals surface area contributed by atoms with E-state index in [1.165, 1.54) is 69.8 Å². The molecule has 0 saturated carbocycles. The minimum Gasteiger partial charge on any atom is -0.282 e. The largest absolute Gasteiger partial charge is 0.294 e. The van der Waals surface area contributed by atoms with E-state index in [0.29, 0.717) is 6.42 Å². The molecule has 0 bridgehead atoms. The molecular formula is C26H40O3S. The molecule has 2 aromatic carbocycles. The Morgan fingerprint density at radius 2 is 1.27 bits per heavy atom. The first-order valence-corrected chi connectivity index (χ1v) is 13.4. The molecule has 0 aliphatic carbocycles. The van der Waals surface area contributed by atoms with Gasteiger partial charge in [0.2, 0.25) is 0 Å². The van der Waals surface area contributed by atoms with Crippen molar-refractivity contribution in [2.75, 3.05) is 0 Å². The zero-order chi connectivity index (χ0) is 21.8. The van der Waals surface area contributed by atoms with Gasteiger partial charge in [0, 0.05) is 0 Å². The van der Waals surface area contributed by atoms with Crippen LogP contribution in [0.5, 0.6) is 0 Å². The van der Waals surface area contributed by atoms with Crippen molar-refractivity contribution < 1.29 is 13.0 Å². The Morgan fingerprint density at radius 3 is 1.87 bits per heavy atom. The van der Waals surface area contributed by atoms with Crippen LogP contribution in [0.3, 0.4) is 0 Å². The molecule has 30 heavy (non-hydrogen) atoms. The molecule has 0 amide bonds. The summed E-state index contributed by atoms with van der Waals surface area (Å²) in [6.07, 6.45) is 16.4. The van der Waals surface area contributed by atoms with Crippen LogP contribution in [0.2, 0.25) is 0 Å². The summed E-state index contributed by atoms with van der Waals surface area (Å²) in [4.78, 5) is 0.0761. The number of aryl methyl sites for hydroxylation is 2. The molecule has 0 aliphatic rings. The predicted molar refractivity (Wildman–Crippen MR) is 128 cm³/mol. The van der Waals surface area contributed by atoms with Crippen molar-refractivity contribution in [1.29, 1.82) is 0 Å². The van der Waals surface area contributed by atoms with Gasteiger partial charge in [-0.25, -0.2) is 0 Å². The van der Waals surface area contributed by atoms with Crippen molar-refractivity contribution in [2.24, 2.45) is 0 Å². The fraction of sp³-hybridized carbons (Fsp3) is 0.615. The second-order valence-corrected chi connectivity index (χ2v) is 10.00. The lowest BCUT2D eigenvalue weighted by Crippen LogP contribution is -2.04. The van der Waals surface area contributed by atoms with Gasteiger partial charge < -0.3 is 0 Å². The van der Waals surface area contributed by atoms with E-state index >= 15 is 0 Å². The molecule has 0 fully saturated rings. The van der Waals surface area contributed by atoms with Gasteiger partial charge in [-0.15, -0.1) is 0 Å².